The molecule has 0 N–H and O–H groups in total. The van der Waals surface area contributed by atoms with Crippen LogP contribution < -0.4 is 0 Å². The van der Waals surface area contributed by atoms with Gasteiger partial charge < -0.3 is 4.74 Å². The Kier molecular flexibility index (Phi) is 10.2. The maximum atomic E-state index is 11.7. The molecule has 0 heterocycles. The molecule has 2 aromatic rings. The van der Waals surface area contributed by atoms with E-state index in [4.69, 9.17) is 4.74 Å². The third-order valence-corrected chi connectivity index (χ3v) is 5.02. The second-order valence-electron chi connectivity index (χ2n) is 9.96. The number of benzene rings is 2. The third-order valence-electron chi connectivity index (χ3n) is 5.02. The minimum atomic E-state index is -0.205. The Morgan fingerprint density at radius 3 is 1.77 bits per heavy atom. The zero-order valence-corrected chi connectivity index (χ0v) is 21.1. The molecular weight excluding hydrogens is 380 g/mol. The summed E-state index contributed by atoms with van der Waals surface area (Å²) in [6.45, 7) is 19.1. The average Bonchev–Trinajstić information content (AvgIpc) is 2.72. The fourth-order valence-electron chi connectivity index (χ4n) is 2.84. The van der Waals surface area contributed by atoms with Crippen LogP contribution in [0.25, 0.3) is 11.1 Å². The smallest absolute Gasteiger partial charge is 0.308 e. The molecule has 2 heteroatoms. The highest BCUT2D eigenvalue weighted by Gasteiger charge is 2.22. The summed E-state index contributed by atoms with van der Waals surface area (Å²) in [6.07, 6.45) is 5.63. The van der Waals surface area contributed by atoms with Crippen molar-refractivity contribution in [2.75, 3.05) is 6.61 Å². The molecule has 0 unspecified atom stereocenters. The Hall–Kier alpha value is -2.35. The highest BCUT2D eigenvalue weighted by molar-refractivity contribution is 5.71. The molecule has 0 atom stereocenters. The molecule has 170 valence electrons. The van der Waals surface area contributed by atoms with Gasteiger partial charge >= 0.3 is 5.97 Å². The van der Waals surface area contributed by atoms with Crippen molar-refractivity contribution in [3.8, 4) is 11.1 Å². The predicted molar refractivity (Wildman–Crippen MR) is 134 cm³/mol. The number of aryl methyl sites for hydroxylation is 1. The van der Waals surface area contributed by atoms with Crippen molar-refractivity contribution in [1.29, 1.82) is 0 Å². The van der Waals surface area contributed by atoms with E-state index in [-0.39, 0.29) is 22.7 Å². The normalized spacial score (nSPS) is 11.9. The van der Waals surface area contributed by atoms with Gasteiger partial charge in [-0.05, 0) is 23.6 Å². The lowest BCUT2D eigenvalue weighted by Crippen LogP contribution is -2.23. The van der Waals surface area contributed by atoms with E-state index in [1.165, 1.54) is 28.7 Å². The number of carbonyl (C=O) groups is 1. The molecule has 0 fully saturated rings. The average molecular weight is 423 g/mol. The van der Waals surface area contributed by atoms with Gasteiger partial charge in [0.2, 0.25) is 0 Å². The van der Waals surface area contributed by atoms with Crippen molar-refractivity contribution in [2.24, 2.45) is 11.3 Å². The van der Waals surface area contributed by atoms with E-state index in [1.807, 2.05) is 13.8 Å². The highest BCUT2D eigenvalue weighted by atomic mass is 16.5. The Bertz CT molecular complexity index is 822. The summed E-state index contributed by atoms with van der Waals surface area (Å²) in [4.78, 5) is 11.7. The number of carbonyl (C=O) groups excluding carboxylic acids is 1. The van der Waals surface area contributed by atoms with Gasteiger partial charge in [0.1, 0.15) is 0 Å². The number of esters is 1. The van der Waals surface area contributed by atoms with Gasteiger partial charge in [-0.15, -0.1) is 0 Å². The van der Waals surface area contributed by atoms with Gasteiger partial charge in [-0.2, -0.15) is 0 Å². The lowest BCUT2D eigenvalue weighted by molar-refractivity contribution is -0.149. The van der Waals surface area contributed by atoms with Gasteiger partial charge in [0.15, 0.2) is 0 Å². The zero-order chi connectivity index (χ0) is 23.7. The van der Waals surface area contributed by atoms with Gasteiger partial charge in [-0.1, -0.05) is 128 Å². The van der Waals surface area contributed by atoms with Crippen molar-refractivity contribution in [3.05, 3.63) is 71.8 Å². The fourth-order valence-corrected chi connectivity index (χ4v) is 2.84. The molecule has 0 aromatic heterocycles. The van der Waals surface area contributed by atoms with Crippen LogP contribution >= 0.6 is 0 Å². The lowest BCUT2D eigenvalue weighted by atomic mass is 9.81. The van der Waals surface area contributed by atoms with Crippen molar-refractivity contribution in [3.63, 3.8) is 0 Å². The first-order valence-electron chi connectivity index (χ1n) is 11.5. The van der Waals surface area contributed by atoms with Crippen LogP contribution in [-0.4, -0.2) is 12.6 Å². The second kappa shape index (κ2) is 11.9. The number of rotatable bonds is 7. The van der Waals surface area contributed by atoms with Crippen molar-refractivity contribution >= 4 is 5.97 Å². The van der Waals surface area contributed by atoms with Crippen LogP contribution in [0.4, 0.5) is 0 Å². The molecule has 0 aliphatic heterocycles. The van der Waals surface area contributed by atoms with E-state index in [9.17, 15) is 4.79 Å². The SMILES string of the molecule is CCC.Cc1ccc(-c2ccc(C(C)(C)/C=C/C(C)(C)COC(=O)C(C)C)cc2)cc1. The summed E-state index contributed by atoms with van der Waals surface area (Å²) < 4.78 is 5.42. The number of allylic oxidation sites excluding steroid dienone is 1. The molecular formula is C29H42O2. The molecule has 31 heavy (non-hydrogen) atoms. The largest absolute Gasteiger partial charge is 0.465 e. The maximum Gasteiger partial charge on any atom is 0.308 e. The van der Waals surface area contributed by atoms with Gasteiger partial charge in [-0.25, -0.2) is 0 Å². The maximum absolute atomic E-state index is 11.7. The third kappa shape index (κ3) is 9.12. The summed E-state index contributed by atoms with van der Waals surface area (Å²) in [5.41, 5.74) is 4.68. The molecule has 0 bridgehead atoms. The van der Waals surface area contributed by atoms with E-state index >= 15 is 0 Å². The van der Waals surface area contributed by atoms with Gasteiger partial charge in [0.05, 0.1) is 12.5 Å². The first kappa shape index (κ1) is 26.7. The van der Waals surface area contributed by atoms with E-state index in [0.29, 0.717) is 6.61 Å². The Morgan fingerprint density at radius 2 is 1.32 bits per heavy atom. The molecule has 0 aliphatic rings. The van der Waals surface area contributed by atoms with E-state index in [2.05, 4.69) is 109 Å². The van der Waals surface area contributed by atoms with Crippen molar-refractivity contribution in [2.45, 2.75) is 74.1 Å². The summed E-state index contributed by atoms with van der Waals surface area (Å²) >= 11 is 0. The standard InChI is InChI=1S/C26H34O2.C3H8/c1-19(2)24(27)28-18-25(4,5)16-17-26(6,7)23-14-12-22(13-15-23)21-10-8-20(3)9-11-21;1-3-2/h8-17,19H,18H2,1-7H3;3H2,1-2H3/b17-16+;. The van der Waals surface area contributed by atoms with Crippen LogP contribution in [0.15, 0.2) is 60.7 Å². The van der Waals surface area contributed by atoms with Crippen LogP contribution in [0.1, 0.15) is 72.9 Å². The summed E-state index contributed by atoms with van der Waals surface area (Å²) in [7, 11) is 0. The van der Waals surface area contributed by atoms with Crippen LogP contribution in [-0.2, 0) is 14.9 Å². The Morgan fingerprint density at radius 1 is 0.871 bits per heavy atom. The quantitative estimate of drug-likeness (QED) is 0.332. The summed E-state index contributed by atoms with van der Waals surface area (Å²) in [5, 5.41) is 0. The molecule has 2 rings (SSSR count). The first-order valence-corrected chi connectivity index (χ1v) is 11.5. The number of hydrogen-bond donors (Lipinski definition) is 0. The Balaban J connectivity index is 0.00000151. The molecule has 0 spiro atoms. The topological polar surface area (TPSA) is 26.3 Å². The lowest BCUT2D eigenvalue weighted by Gasteiger charge is -2.26. The van der Waals surface area contributed by atoms with Crippen LogP contribution in [0, 0.1) is 18.3 Å². The molecule has 2 nitrogen and oxygen atoms in total. The first-order chi connectivity index (χ1) is 14.4. The predicted octanol–water partition coefficient (Wildman–Crippen LogP) is 8.14. The van der Waals surface area contributed by atoms with Gasteiger partial charge in [-0.3, -0.25) is 4.79 Å². The molecule has 0 saturated heterocycles. The molecule has 0 radical (unpaired) electrons. The van der Waals surface area contributed by atoms with Gasteiger partial charge in [0.25, 0.3) is 0 Å². The Labute approximate surface area is 190 Å². The van der Waals surface area contributed by atoms with Crippen molar-refractivity contribution < 1.29 is 9.53 Å². The van der Waals surface area contributed by atoms with Crippen LogP contribution in [0.2, 0.25) is 0 Å². The minimum absolute atomic E-state index is 0.0942. The van der Waals surface area contributed by atoms with E-state index in [1.54, 1.807) is 0 Å². The highest BCUT2D eigenvalue weighted by Crippen LogP contribution is 2.30. The van der Waals surface area contributed by atoms with Crippen LogP contribution in [0.5, 0.6) is 0 Å². The molecule has 2 aromatic carbocycles. The summed E-state index contributed by atoms with van der Waals surface area (Å²) in [6, 6.07) is 17.4. The zero-order valence-electron chi connectivity index (χ0n) is 21.1. The number of ether oxygens (including phenoxy) is 1. The van der Waals surface area contributed by atoms with Crippen molar-refractivity contribution in [1.82, 2.24) is 0 Å². The van der Waals surface area contributed by atoms with Crippen LogP contribution in [0.3, 0.4) is 0 Å². The van der Waals surface area contributed by atoms with Gasteiger partial charge in [0, 0.05) is 10.8 Å². The minimum Gasteiger partial charge on any atom is -0.465 e. The summed E-state index contributed by atoms with van der Waals surface area (Å²) in [5.74, 6) is -0.240. The molecule has 0 saturated carbocycles. The fraction of sp³-hybridized carbons (Fsp3) is 0.483. The second-order valence-corrected chi connectivity index (χ2v) is 9.96. The number of hydrogen-bond acceptors (Lipinski definition) is 2. The monoisotopic (exact) mass is 422 g/mol. The molecule has 0 aliphatic carbocycles. The molecule has 0 amide bonds. The van der Waals surface area contributed by atoms with E-state index in [0.717, 1.165) is 0 Å². The van der Waals surface area contributed by atoms with E-state index < -0.39 is 0 Å².